The standard InChI is InChI=1S/C17H17N5OS/c1-17(7-5-13(23)22-17)10-19-14-11-6-9-24-16(11)21-15(20-14)12-4-2-3-8-18-12/h2-4,6,8-9H,5,7,10H2,1H3,(H,22,23)(H,19,20,21). The van der Waals surface area contributed by atoms with Gasteiger partial charge in [0.1, 0.15) is 16.3 Å². The number of fused-ring (bicyclic) bond motifs is 1. The third-order valence-corrected chi connectivity index (χ3v) is 5.02. The van der Waals surface area contributed by atoms with Gasteiger partial charge in [0.2, 0.25) is 5.91 Å². The van der Waals surface area contributed by atoms with Gasteiger partial charge in [-0.1, -0.05) is 6.07 Å². The van der Waals surface area contributed by atoms with Crippen LogP contribution >= 0.6 is 11.3 Å². The number of carbonyl (C=O) groups excluding carboxylic acids is 1. The van der Waals surface area contributed by atoms with Crippen molar-refractivity contribution in [2.24, 2.45) is 0 Å². The Morgan fingerprint density at radius 3 is 3.00 bits per heavy atom. The number of aromatic nitrogens is 3. The summed E-state index contributed by atoms with van der Waals surface area (Å²) in [5.41, 5.74) is 0.506. The number of rotatable bonds is 4. The molecule has 1 fully saturated rings. The summed E-state index contributed by atoms with van der Waals surface area (Å²) in [6.45, 7) is 2.68. The number of thiophene rings is 1. The Morgan fingerprint density at radius 1 is 1.33 bits per heavy atom. The molecule has 0 aromatic carbocycles. The van der Waals surface area contributed by atoms with Gasteiger partial charge in [0.05, 0.1) is 10.9 Å². The van der Waals surface area contributed by atoms with Gasteiger partial charge in [-0.25, -0.2) is 9.97 Å². The third kappa shape index (κ3) is 2.82. The summed E-state index contributed by atoms with van der Waals surface area (Å²) >= 11 is 1.58. The van der Waals surface area contributed by atoms with Gasteiger partial charge in [-0.05, 0) is 36.9 Å². The monoisotopic (exact) mass is 339 g/mol. The maximum atomic E-state index is 11.5. The first kappa shape index (κ1) is 15.0. The molecule has 3 aromatic rings. The van der Waals surface area contributed by atoms with Gasteiger partial charge in [0.15, 0.2) is 5.82 Å². The molecule has 1 amide bonds. The zero-order valence-electron chi connectivity index (χ0n) is 13.2. The SMILES string of the molecule is CC1(CNc2nc(-c3ccccn3)nc3sccc23)CCC(=O)N1. The highest BCUT2D eigenvalue weighted by Crippen LogP contribution is 2.29. The lowest BCUT2D eigenvalue weighted by Crippen LogP contribution is -2.44. The molecule has 6 nitrogen and oxygen atoms in total. The van der Waals surface area contributed by atoms with Gasteiger partial charge in [-0.2, -0.15) is 0 Å². The Balaban J connectivity index is 1.67. The average Bonchev–Trinajstić information content (AvgIpc) is 3.20. The first-order valence-corrected chi connectivity index (χ1v) is 8.72. The summed E-state index contributed by atoms with van der Waals surface area (Å²) in [4.78, 5) is 26.0. The van der Waals surface area contributed by atoms with Crippen LogP contribution in [0.3, 0.4) is 0 Å². The molecular weight excluding hydrogens is 322 g/mol. The molecule has 1 aliphatic heterocycles. The molecule has 1 atom stereocenters. The minimum atomic E-state index is -0.241. The zero-order chi connectivity index (χ0) is 16.6. The fourth-order valence-electron chi connectivity index (χ4n) is 2.86. The minimum absolute atomic E-state index is 0.108. The number of anilines is 1. The van der Waals surface area contributed by atoms with Crippen molar-refractivity contribution in [2.75, 3.05) is 11.9 Å². The van der Waals surface area contributed by atoms with E-state index in [9.17, 15) is 4.79 Å². The van der Waals surface area contributed by atoms with E-state index in [1.165, 1.54) is 0 Å². The molecule has 1 aliphatic rings. The van der Waals surface area contributed by atoms with Crippen LogP contribution in [-0.4, -0.2) is 32.9 Å². The van der Waals surface area contributed by atoms with E-state index in [0.717, 1.165) is 28.1 Å². The van der Waals surface area contributed by atoms with Gasteiger partial charge >= 0.3 is 0 Å². The Hall–Kier alpha value is -2.54. The highest BCUT2D eigenvalue weighted by molar-refractivity contribution is 7.16. The van der Waals surface area contributed by atoms with Crippen molar-refractivity contribution < 1.29 is 4.79 Å². The molecule has 24 heavy (non-hydrogen) atoms. The summed E-state index contributed by atoms with van der Waals surface area (Å²) in [7, 11) is 0. The van der Waals surface area contributed by atoms with Crippen molar-refractivity contribution in [2.45, 2.75) is 25.3 Å². The van der Waals surface area contributed by atoms with Crippen LogP contribution in [0, 0.1) is 0 Å². The van der Waals surface area contributed by atoms with E-state index in [2.05, 4.69) is 32.5 Å². The van der Waals surface area contributed by atoms with Crippen molar-refractivity contribution >= 4 is 33.3 Å². The molecular formula is C17H17N5OS. The molecule has 1 unspecified atom stereocenters. The largest absolute Gasteiger partial charge is 0.367 e. The van der Waals surface area contributed by atoms with E-state index < -0.39 is 0 Å². The molecule has 0 saturated carbocycles. The van der Waals surface area contributed by atoms with Crippen LogP contribution in [-0.2, 0) is 4.79 Å². The lowest BCUT2D eigenvalue weighted by Gasteiger charge is -2.24. The average molecular weight is 339 g/mol. The number of pyridine rings is 1. The summed E-state index contributed by atoms with van der Waals surface area (Å²) in [6, 6.07) is 7.71. The molecule has 3 aromatic heterocycles. The molecule has 2 N–H and O–H groups in total. The predicted molar refractivity (Wildman–Crippen MR) is 94.9 cm³/mol. The molecule has 4 rings (SSSR count). The molecule has 0 spiro atoms. The van der Waals surface area contributed by atoms with Gasteiger partial charge in [0.25, 0.3) is 0 Å². The maximum absolute atomic E-state index is 11.5. The Kier molecular flexibility index (Phi) is 3.65. The normalized spacial score (nSPS) is 20.3. The molecule has 0 radical (unpaired) electrons. The molecule has 4 heterocycles. The van der Waals surface area contributed by atoms with Crippen molar-refractivity contribution in [3.05, 3.63) is 35.8 Å². The molecule has 1 saturated heterocycles. The van der Waals surface area contributed by atoms with Gasteiger partial charge < -0.3 is 10.6 Å². The fourth-order valence-corrected chi connectivity index (χ4v) is 3.63. The maximum Gasteiger partial charge on any atom is 0.220 e. The van der Waals surface area contributed by atoms with E-state index in [1.807, 2.05) is 29.6 Å². The van der Waals surface area contributed by atoms with Crippen molar-refractivity contribution in [1.82, 2.24) is 20.3 Å². The number of nitrogens with one attached hydrogen (secondary N) is 2. The van der Waals surface area contributed by atoms with E-state index in [0.29, 0.717) is 18.8 Å². The van der Waals surface area contributed by atoms with Gasteiger partial charge in [0, 0.05) is 19.2 Å². The van der Waals surface area contributed by atoms with Crippen molar-refractivity contribution in [3.8, 4) is 11.5 Å². The van der Waals surface area contributed by atoms with Crippen LogP contribution in [0.5, 0.6) is 0 Å². The highest BCUT2D eigenvalue weighted by atomic mass is 32.1. The quantitative estimate of drug-likeness (QED) is 0.764. The number of nitrogens with zero attached hydrogens (tertiary/aromatic N) is 3. The Labute approximate surface area is 143 Å². The number of carbonyl (C=O) groups is 1. The minimum Gasteiger partial charge on any atom is -0.367 e. The molecule has 7 heteroatoms. The highest BCUT2D eigenvalue weighted by Gasteiger charge is 2.32. The lowest BCUT2D eigenvalue weighted by molar-refractivity contribution is -0.119. The predicted octanol–water partition coefficient (Wildman–Crippen LogP) is 2.83. The zero-order valence-corrected chi connectivity index (χ0v) is 14.1. The summed E-state index contributed by atoms with van der Waals surface area (Å²) in [5, 5.41) is 9.43. The molecule has 122 valence electrons. The van der Waals surface area contributed by atoms with Crippen LogP contribution < -0.4 is 10.6 Å². The van der Waals surface area contributed by atoms with Crippen LogP contribution in [0.1, 0.15) is 19.8 Å². The topological polar surface area (TPSA) is 79.8 Å². The van der Waals surface area contributed by atoms with Gasteiger partial charge in [-0.15, -0.1) is 11.3 Å². The summed E-state index contributed by atoms with van der Waals surface area (Å²) in [5.74, 6) is 1.50. The van der Waals surface area contributed by atoms with E-state index in [4.69, 9.17) is 0 Å². The van der Waals surface area contributed by atoms with Crippen molar-refractivity contribution in [1.29, 1.82) is 0 Å². The second kappa shape index (κ2) is 5.83. The Morgan fingerprint density at radius 2 is 2.25 bits per heavy atom. The second-order valence-electron chi connectivity index (χ2n) is 6.21. The number of hydrogen-bond acceptors (Lipinski definition) is 6. The van der Waals surface area contributed by atoms with Crippen LogP contribution in [0.2, 0.25) is 0 Å². The number of hydrogen-bond donors (Lipinski definition) is 2. The van der Waals surface area contributed by atoms with E-state index in [1.54, 1.807) is 17.5 Å². The first-order valence-electron chi connectivity index (χ1n) is 7.85. The van der Waals surface area contributed by atoms with Crippen LogP contribution in [0.4, 0.5) is 5.82 Å². The second-order valence-corrected chi connectivity index (χ2v) is 7.11. The lowest BCUT2D eigenvalue weighted by atomic mass is 10.0. The fraction of sp³-hybridized carbons (Fsp3) is 0.294. The number of amides is 1. The van der Waals surface area contributed by atoms with Crippen molar-refractivity contribution in [3.63, 3.8) is 0 Å². The third-order valence-electron chi connectivity index (χ3n) is 4.21. The molecule has 0 aliphatic carbocycles. The van der Waals surface area contributed by atoms with E-state index >= 15 is 0 Å². The summed E-state index contributed by atoms with van der Waals surface area (Å²) < 4.78 is 0. The Bertz CT molecular complexity index is 894. The van der Waals surface area contributed by atoms with Crippen LogP contribution in [0.15, 0.2) is 35.8 Å². The summed E-state index contributed by atoms with van der Waals surface area (Å²) in [6.07, 6.45) is 3.14. The molecule has 0 bridgehead atoms. The van der Waals surface area contributed by atoms with Gasteiger partial charge in [-0.3, -0.25) is 9.78 Å². The first-order chi connectivity index (χ1) is 11.6. The van der Waals surface area contributed by atoms with Crippen LogP contribution in [0.25, 0.3) is 21.7 Å². The smallest absolute Gasteiger partial charge is 0.220 e. The van der Waals surface area contributed by atoms with E-state index in [-0.39, 0.29) is 11.4 Å².